The Hall–Kier alpha value is -1.14. The third kappa shape index (κ3) is 13.8. The highest BCUT2D eigenvalue weighted by Crippen LogP contribution is 2.38. The van der Waals surface area contributed by atoms with Crippen molar-refractivity contribution < 1.29 is 22.7 Å². The van der Waals surface area contributed by atoms with Gasteiger partial charge in [-0.25, -0.2) is 0 Å². The number of carbonyl (C=O) groups is 2. The summed E-state index contributed by atoms with van der Waals surface area (Å²) in [5.41, 5.74) is -0.223. The molecule has 2 amide bonds. The lowest BCUT2D eigenvalue weighted by atomic mass is 9.70. The molecule has 0 aliphatic rings. The lowest BCUT2D eigenvalue weighted by Crippen LogP contribution is -2.43. The Morgan fingerprint density at radius 2 is 1.08 bits per heavy atom. The zero-order valence-electron chi connectivity index (χ0n) is 17.7. The molecule has 0 heterocycles. The summed E-state index contributed by atoms with van der Waals surface area (Å²) in [7, 11) is 0. The van der Waals surface area contributed by atoms with Crippen LogP contribution in [0.25, 0.3) is 0 Å². The van der Waals surface area contributed by atoms with Gasteiger partial charge in [0.05, 0.1) is 0 Å². The summed E-state index contributed by atoms with van der Waals surface area (Å²) >= 11 is 0. The predicted octanol–water partition coefficient (Wildman–Crippen LogP) is 2.97. The second-order valence-electron chi connectivity index (χ2n) is 6.37. The highest BCUT2D eigenvalue weighted by molar-refractivity contribution is 5.77. The molecule has 6 nitrogen and oxygen atoms in total. The van der Waals surface area contributed by atoms with E-state index in [-0.39, 0.29) is 25.5 Å². The summed E-state index contributed by atoms with van der Waals surface area (Å²) < 4.78 is 0. The topological polar surface area (TPSA) is 98.7 Å². The fourth-order valence-corrected chi connectivity index (χ4v) is 2.39. The summed E-state index contributed by atoms with van der Waals surface area (Å²) in [5.74, 6) is -0.747. The first-order chi connectivity index (χ1) is 11.7. The third-order valence-electron chi connectivity index (χ3n) is 4.27. The van der Waals surface area contributed by atoms with E-state index in [0.717, 1.165) is 19.3 Å². The van der Waals surface area contributed by atoms with E-state index in [2.05, 4.69) is 38.3 Å². The Balaban J connectivity index is -0.000000250. The van der Waals surface area contributed by atoms with Gasteiger partial charge in [-0.3, -0.25) is 9.59 Å². The molecule has 0 aliphatic heterocycles. The quantitative estimate of drug-likeness (QED) is 0.478. The van der Waals surface area contributed by atoms with E-state index < -0.39 is 13.2 Å². The van der Waals surface area contributed by atoms with Gasteiger partial charge in [-0.15, -0.1) is 0 Å². The summed E-state index contributed by atoms with van der Waals surface area (Å²) in [6.45, 7) is 16.3. The van der Waals surface area contributed by atoms with Gasteiger partial charge >= 0.3 is 0 Å². The van der Waals surface area contributed by atoms with Crippen molar-refractivity contribution in [2.24, 2.45) is 10.8 Å². The Bertz CT molecular complexity index is 329. The minimum absolute atomic E-state index is 0. The highest BCUT2D eigenvalue weighted by Gasteiger charge is 2.33. The van der Waals surface area contributed by atoms with E-state index in [1.54, 1.807) is 0 Å². The third-order valence-corrected chi connectivity index (χ3v) is 4.27. The van der Waals surface area contributed by atoms with E-state index in [0.29, 0.717) is 13.1 Å². The van der Waals surface area contributed by atoms with Crippen molar-refractivity contribution in [3.05, 3.63) is 0 Å². The molecule has 0 radical (unpaired) electrons. The van der Waals surface area contributed by atoms with Crippen molar-refractivity contribution in [2.45, 2.75) is 74.7 Å². The van der Waals surface area contributed by atoms with E-state index >= 15 is 0 Å². The van der Waals surface area contributed by atoms with Crippen LogP contribution in [0.5, 0.6) is 0 Å². The molecule has 156 valence electrons. The summed E-state index contributed by atoms with van der Waals surface area (Å²) in [4.78, 5) is 22.4. The minimum Gasteiger partial charge on any atom is -0.387 e. The summed E-state index contributed by atoms with van der Waals surface area (Å²) in [6, 6.07) is 0. The van der Waals surface area contributed by atoms with Crippen LogP contribution in [0.3, 0.4) is 0 Å². The Labute approximate surface area is 157 Å². The molecule has 0 fully saturated rings. The summed E-state index contributed by atoms with van der Waals surface area (Å²) in [5, 5.41) is 23.0. The average molecular weight is 367 g/mol. The lowest BCUT2D eigenvalue weighted by Gasteiger charge is -2.39. The van der Waals surface area contributed by atoms with E-state index in [4.69, 9.17) is 10.2 Å². The van der Waals surface area contributed by atoms with Crippen LogP contribution in [0.1, 0.15) is 77.5 Å². The standard InChI is InChI=1S/C15H30N2O4.2C2H6.2H2/c1-5-14(3,10-16-12(20)7-18)9-15(4,6-2)11-17-13(21)8-19;2*1-2;;/h18-19H,5-11H2,1-4H3,(H,16,20)(H,17,21);2*1-2H3;2*1H. The van der Waals surface area contributed by atoms with Crippen LogP contribution in [-0.4, -0.2) is 48.3 Å². The largest absolute Gasteiger partial charge is 0.387 e. The molecule has 0 aromatic rings. The van der Waals surface area contributed by atoms with E-state index in [1.807, 2.05) is 27.7 Å². The monoisotopic (exact) mass is 366 g/mol. The molecule has 0 bridgehead atoms. The summed E-state index contributed by atoms with van der Waals surface area (Å²) in [6.07, 6.45) is 2.58. The van der Waals surface area contributed by atoms with Crippen LogP contribution in [-0.2, 0) is 9.59 Å². The van der Waals surface area contributed by atoms with Gasteiger partial charge in [-0.05, 0) is 30.1 Å². The van der Waals surface area contributed by atoms with Gasteiger partial charge in [0.25, 0.3) is 0 Å². The molecule has 0 saturated heterocycles. The van der Waals surface area contributed by atoms with Crippen molar-refractivity contribution in [3.8, 4) is 0 Å². The molecular formula is C19H46N2O4. The van der Waals surface area contributed by atoms with Crippen LogP contribution >= 0.6 is 0 Å². The van der Waals surface area contributed by atoms with Crippen molar-refractivity contribution in [3.63, 3.8) is 0 Å². The van der Waals surface area contributed by atoms with Crippen LogP contribution in [0.4, 0.5) is 0 Å². The van der Waals surface area contributed by atoms with Gasteiger partial charge in [0, 0.05) is 15.9 Å². The van der Waals surface area contributed by atoms with Gasteiger partial charge in [-0.2, -0.15) is 0 Å². The molecule has 2 atom stereocenters. The normalized spacial score (nSPS) is 14.5. The number of carbonyl (C=O) groups excluding carboxylic acids is 2. The van der Waals surface area contributed by atoms with Gasteiger partial charge in [0.1, 0.15) is 13.2 Å². The molecule has 0 spiro atoms. The zero-order valence-corrected chi connectivity index (χ0v) is 17.7. The molecule has 25 heavy (non-hydrogen) atoms. The van der Waals surface area contributed by atoms with E-state index in [1.165, 1.54) is 0 Å². The van der Waals surface area contributed by atoms with E-state index in [9.17, 15) is 9.59 Å². The van der Waals surface area contributed by atoms with Gasteiger partial charge in [0.15, 0.2) is 0 Å². The molecule has 2 unspecified atom stereocenters. The maximum Gasteiger partial charge on any atom is 0.245 e. The molecule has 0 aliphatic carbocycles. The average Bonchev–Trinajstić information content (AvgIpc) is 2.67. The zero-order chi connectivity index (χ0) is 20.5. The van der Waals surface area contributed by atoms with Crippen molar-refractivity contribution in [1.29, 1.82) is 0 Å². The lowest BCUT2D eigenvalue weighted by molar-refractivity contribution is -0.124. The second kappa shape index (κ2) is 16.3. The number of hydrogen-bond donors (Lipinski definition) is 4. The maximum atomic E-state index is 11.2. The number of rotatable bonds is 10. The van der Waals surface area contributed by atoms with Gasteiger partial charge in [0.2, 0.25) is 11.8 Å². The molecule has 4 N–H and O–H groups in total. The minimum atomic E-state index is -0.503. The highest BCUT2D eigenvalue weighted by atomic mass is 16.3. The number of amides is 2. The van der Waals surface area contributed by atoms with Crippen LogP contribution in [0, 0.1) is 10.8 Å². The number of aliphatic hydroxyl groups is 2. The molecular weight excluding hydrogens is 320 g/mol. The first-order valence-electron chi connectivity index (χ1n) is 9.49. The SMILES string of the molecule is CC.CC.CCC(C)(CNC(=O)CO)CC(C)(CC)CNC(=O)CO.[HH].[HH]. The molecule has 0 rings (SSSR count). The Morgan fingerprint density at radius 1 is 0.800 bits per heavy atom. The Morgan fingerprint density at radius 3 is 1.28 bits per heavy atom. The van der Waals surface area contributed by atoms with Crippen LogP contribution in [0.15, 0.2) is 0 Å². The molecule has 0 aromatic heterocycles. The van der Waals surface area contributed by atoms with Gasteiger partial charge < -0.3 is 20.8 Å². The van der Waals surface area contributed by atoms with Gasteiger partial charge in [-0.1, -0.05) is 55.4 Å². The number of hydrogen-bond acceptors (Lipinski definition) is 4. The van der Waals surface area contributed by atoms with Crippen molar-refractivity contribution in [2.75, 3.05) is 26.3 Å². The smallest absolute Gasteiger partial charge is 0.245 e. The molecule has 0 saturated carbocycles. The van der Waals surface area contributed by atoms with Crippen molar-refractivity contribution in [1.82, 2.24) is 10.6 Å². The van der Waals surface area contributed by atoms with Crippen molar-refractivity contribution >= 4 is 11.8 Å². The second-order valence-corrected chi connectivity index (χ2v) is 6.37. The molecule has 0 aromatic carbocycles. The molecule has 6 heteroatoms. The fourth-order valence-electron chi connectivity index (χ4n) is 2.39. The van der Waals surface area contributed by atoms with Crippen LogP contribution < -0.4 is 10.6 Å². The fraction of sp³-hybridized carbons (Fsp3) is 0.895. The number of aliphatic hydroxyl groups excluding tert-OH is 2. The predicted molar refractivity (Wildman–Crippen MR) is 109 cm³/mol. The maximum absolute atomic E-state index is 11.2. The van der Waals surface area contributed by atoms with Crippen LogP contribution in [0.2, 0.25) is 0 Å². The first kappa shape index (κ1) is 28.7. The Kier molecular flexibility index (Phi) is 18.7. The number of nitrogens with one attached hydrogen (secondary N) is 2. The first-order valence-corrected chi connectivity index (χ1v) is 9.49.